The Morgan fingerprint density at radius 2 is 1.75 bits per heavy atom. The number of anilines is 1. The molecule has 32 heavy (non-hydrogen) atoms. The number of amides is 2. The summed E-state index contributed by atoms with van der Waals surface area (Å²) in [7, 11) is 0. The average Bonchev–Trinajstić information content (AvgIpc) is 3.22. The molecule has 2 saturated heterocycles. The number of fused-ring (bicyclic) bond motifs is 5. The first-order valence-electron chi connectivity index (χ1n) is 10.4. The number of rotatable bonds is 2. The van der Waals surface area contributed by atoms with E-state index < -0.39 is 47.0 Å². The van der Waals surface area contributed by atoms with Gasteiger partial charge in [0.25, 0.3) is 0 Å². The van der Waals surface area contributed by atoms with Gasteiger partial charge in [-0.2, -0.15) is 5.10 Å². The number of imide groups is 1. The monoisotopic (exact) mass is 453 g/mol. The van der Waals surface area contributed by atoms with Gasteiger partial charge in [0.05, 0.1) is 34.8 Å². The number of carbonyl (C=O) groups excluding carboxylic acids is 3. The smallest absolute Gasteiger partial charge is 0.240 e. The quantitative estimate of drug-likeness (QED) is 0.645. The molecular weight excluding hydrogens is 433 g/mol. The second kappa shape index (κ2) is 6.97. The number of ketones is 1. The van der Waals surface area contributed by atoms with Gasteiger partial charge in [-0.1, -0.05) is 56.6 Å². The van der Waals surface area contributed by atoms with Crippen LogP contribution < -0.4 is 4.90 Å². The lowest BCUT2D eigenvalue weighted by atomic mass is 9.79. The van der Waals surface area contributed by atoms with E-state index in [1.807, 2.05) is 24.3 Å². The van der Waals surface area contributed by atoms with Crippen LogP contribution in [0, 0.1) is 23.1 Å². The van der Waals surface area contributed by atoms with Crippen molar-refractivity contribution in [2.45, 2.75) is 32.9 Å². The summed E-state index contributed by atoms with van der Waals surface area (Å²) >= 11 is 5.92. The maximum Gasteiger partial charge on any atom is 0.240 e. The van der Waals surface area contributed by atoms with E-state index in [4.69, 9.17) is 11.6 Å². The molecule has 0 unspecified atom stereocenters. The van der Waals surface area contributed by atoms with Crippen molar-refractivity contribution < 1.29 is 18.8 Å². The van der Waals surface area contributed by atoms with Crippen LogP contribution in [0.15, 0.2) is 47.6 Å². The Labute approximate surface area is 189 Å². The van der Waals surface area contributed by atoms with Gasteiger partial charge >= 0.3 is 0 Å². The number of halogens is 2. The van der Waals surface area contributed by atoms with Gasteiger partial charge in [-0.15, -0.1) is 0 Å². The Kier molecular flexibility index (Phi) is 4.53. The Hall–Kier alpha value is -3.06. The molecule has 2 fully saturated rings. The maximum absolute atomic E-state index is 13.7. The Morgan fingerprint density at radius 3 is 2.44 bits per heavy atom. The van der Waals surface area contributed by atoms with Crippen LogP contribution in [0.1, 0.15) is 37.9 Å². The zero-order chi connectivity index (χ0) is 22.9. The van der Waals surface area contributed by atoms with Crippen LogP contribution in [-0.2, 0) is 14.4 Å². The Morgan fingerprint density at radius 1 is 1.06 bits per heavy atom. The van der Waals surface area contributed by atoms with Crippen molar-refractivity contribution in [2.75, 3.05) is 4.90 Å². The molecule has 3 heterocycles. The number of hydrazone groups is 1. The standard InChI is InChI=1S/C24H21ClFN3O3/c1-24(2,3)21(30)20-18-17(19-14-7-5-4-6-12(14)11-27-29(19)20)22(31)28(23(18)32)13-8-9-16(26)15(25)10-13/h4-11,17-20H,1-3H3/t17-,18+,19+,20-/m0/s1. The number of Topliss-reactive ketones (excluding diaryl/α,β-unsaturated/α-hetero) is 1. The number of hydrogen-bond acceptors (Lipinski definition) is 5. The Balaban J connectivity index is 1.67. The number of nitrogens with zero attached hydrogens (tertiary/aromatic N) is 3. The fraction of sp³-hybridized carbons (Fsp3) is 0.333. The van der Waals surface area contributed by atoms with Crippen molar-refractivity contribution in [3.8, 4) is 0 Å². The number of benzene rings is 2. The molecule has 0 N–H and O–H groups in total. The Bertz CT molecular complexity index is 1210. The lowest BCUT2D eigenvalue weighted by Crippen LogP contribution is -2.48. The number of carbonyl (C=O) groups is 3. The van der Waals surface area contributed by atoms with Crippen molar-refractivity contribution >= 4 is 41.1 Å². The summed E-state index contributed by atoms with van der Waals surface area (Å²) in [4.78, 5) is 41.8. The molecule has 2 amide bonds. The highest BCUT2D eigenvalue weighted by Gasteiger charge is 2.66. The SMILES string of the molecule is CC(C)(C)C(=O)[C@@H]1[C@@H]2C(=O)N(c3ccc(F)c(Cl)c3)C(=O)[C@@H]2[C@H]2c3ccccc3C=NN12. The predicted molar refractivity (Wildman–Crippen MR) is 118 cm³/mol. The van der Waals surface area contributed by atoms with Crippen LogP contribution in [-0.4, -0.2) is 34.9 Å². The van der Waals surface area contributed by atoms with Crippen LogP contribution >= 0.6 is 11.6 Å². The number of hydrogen-bond donors (Lipinski definition) is 0. The first-order chi connectivity index (χ1) is 15.1. The maximum atomic E-state index is 13.7. The van der Waals surface area contributed by atoms with Crippen molar-refractivity contribution in [2.24, 2.45) is 22.4 Å². The second-order valence-corrected chi connectivity index (χ2v) is 9.83. The van der Waals surface area contributed by atoms with Crippen LogP contribution in [0.25, 0.3) is 0 Å². The molecule has 164 valence electrons. The molecule has 0 aliphatic carbocycles. The molecule has 0 saturated carbocycles. The van der Waals surface area contributed by atoms with Gasteiger partial charge in [0, 0.05) is 5.41 Å². The molecule has 2 aromatic carbocycles. The zero-order valence-corrected chi connectivity index (χ0v) is 18.5. The minimum Gasteiger partial charge on any atom is -0.297 e. The van der Waals surface area contributed by atoms with Crippen molar-refractivity contribution in [1.82, 2.24) is 5.01 Å². The summed E-state index contributed by atoms with van der Waals surface area (Å²) in [5, 5.41) is 5.97. The van der Waals surface area contributed by atoms with E-state index in [-0.39, 0.29) is 16.5 Å². The molecule has 3 aliphatic rings. The van der Waals surface area contributed by atoms with E-state index >= 15 is 0 Å². The molecule has 8 heteroatoms. The summed E-state index contributed by atoms with van der Waals surface area (Å²) < 4.78 is 13.7. The molecule has 2 aromatic rings. The second-order valence-electron chi connectivity index (χ2n) is 9.42. The summed E-state index contributed by atoms with van der Waals surface area (Å²) in [6.07, 6.45) is 1.67. The van der Waals surface area contributed by atoms with E-state index in [0.29, 0.717) is 0 Å². The highest BCUT2D eigenvalue weighted by atomic mass is 35.5. The largest absolute Gasteiger partial charge is 0.297 e. The minimum absolute atomic E-state index is 0.160. The van der Waals surface area contributed by atoms with Gasteiger partial charge in [0.15, 0.2) is 5.78 Å². The van der Waals surface area contributed by atoms with Crippen LogP contribution in [0.4, 0.5) is 10.1 Å². The average molecular weight is 454 g/mol. The first-order valence-corrected chi connectivity index (χ1v) is 10.8. The van der Waals surface area contributed by atoms with Gasteiger partial charge in [0.1, 0.15) is 11.9 Å². The molecule has 0 spiro atoms. The van der Waals surface area contributed by atoms with Gasteiger partial charge < -0.3 is 0 Å². The van der Waals surface area contributed by atoms with Gasteiger partial charge in [-0.3, -0.25) is 19.4 Å². The molecule has 4 atom stereocenters. The van der Waals surface area contributed by atoms with E-state index in [1.165, 1.54) is 12.1 Å². The fourth-order valence-corrected chi connectivity index (χ4v) is 5.17. The molecule has 6 nitrogen and oxygen atoms in total. The van der Waals surface area contributed by atoms with Crippen LogP contribution in [0.5, 0.6) is 0 Å². The van der Waals surface area contributed by atoms with E-state index in [1.54, 1.807) is 32.0 Å². The third kappa shape index (κ3) is 2.84. The zero-order valence-electron chi connectivity index (χ0n) is 17.8. The van der Waals surface area contributed by atoms with Crippen molar-refractivity contribution in [3.05, 3.63) is 64.4 Å². The summed E-state index contributed by atoms with van der Waals surface area (Å²) in [5.41, 5.74) is 1.15. The fourth-order valence-electron chi connectivity index (χ4n) is 4.99. The summed E-state index contributed by atoms with van der Waals surface area (Å²) in [5.74, 6) is -3.42. The highest BCUT2D eigenvalue weighted by molar-refractivity contribution is 6.31. The highest BCUT2D eigenvalue weighted by Crippen LogP contribution is 2.53. The summed E-state index contributed by atoms with van der Waals surface area (Å²) in [6, 6.07) is 9.83. The molecule has 3 aliphatic heterocycles. The molecule has 0 radical (unpaired) electrons. The van der Waals surface area contributed by atoms with Crippen molar-refractivity contribution in [1.29, 1.82) is 0 Å². The van der Waals surface area contributed by atoms with Crippen LogP contribution in [0.3, 0.4) is 0 Å². The molecule has 5 rings (SSSR count). The molecular formula is C24H21ClFN3O3. The minimum atomic E-state index is -0.897. The lowest BCUT2D eigenvalue weighted by molar-refractivity contribution is -0.136. The molecule has 0 bridgehead atoms. The predicted octanol–water partition coefficient (Wildman–Crippen LogP) is 3.97. The normalized spacial score (nSPS) is 26.3. The van der Waals surface area contributed by atoms with E-state index in [9.17, 15) is 18.8 Å². The van der Waals surface area contributed by atoms with Crippen molar-refractivity contribution in [3.63, 3.8) is 0 Å². The third-order valence-electron chi connectivity index (χ3n) is 6.46. The van der Waals surface area contributed by atoms with Gasteiger partial charge in [-0.05, 0) is 29.3 Å². The molecule has 0 aromatic heterocycles. The first kappa shape index (κ1) is 20.8. The van der Waals surface area contributed by atoms with E-state index in [2.05, 4.69) is 5.10 Å². The third-order valence-corrected chi connectivity index (χ3v) is 6.75. The van der Waals surface area contributed by atoms with Crippen LogP contribution in [0.2, 0.25) is 5.02 Å². The lowest BCUT2D eigenvalue weighted by Gasteiger charge is -2.35. The topological polar surface area (TPSA) is 70.0 Å². The van der Waals surface area contributed by atoms with Gasteiger partial charge in [0.2, 0.25) is 11.8 Å². The van der Waals surface area contributed by atoms with Gasteiger partial charge in [-0.25, -0.2) is 9.29 Å². The van der Waals surface area contributed by atoms with E-state index in [0.717, 1.165) is 22.1 Å². The summed E-state index contributed by atoms with van der Waals surface area (Å²) in [6.45, 7) is 5.37.